The molecule has 3 aromatic rings. The van der Waals surface area contributed by atoms with Crippen molar-refractivity contribution in [1.82, 2.24) is 14.5 Å². The first-order valence-corrected chi connectivity index (χ1v) is 7.26. The number of nitrogens with zero attached hydrogens (tertiary/aromatic N) is 3. The molecule has 0 spiro atoms. The lowest BCUT2D eigenvalue weighted by molar-refractivity contribution is 0.297. The Hall–Kier alpha value is -1.81. The summed E-state index contributed by atoms with van der Waals surface area (Å²) < 4.78 is 7.62. The van der Waals surface area contributed by atoms with Crippen molar-refractivity contribution in [3.63, 3.8) is 0 Å². The molecule has 2 heterocycles. The van der Waals surface area contributed by atoms with Crippen LogP contribution in [-0.4, -0.2) is 44.1 Å². The zero-order valence-corrected chi connectivity index (χ0v) is 13.4. The molecule has 0 saturated carbocycles. The van der Waals surface area contributed by atoms with Crippen LogP contribution < -0.4 is 4.74 Å². The number of rotatable bonds is 3. The highest BCUT2D eigenvalue weighted by atomic mass is 35.5. The van der Waals surface area contributed by atoms with Gasteiger partial charge < -0.3 is 9.30 Å². The molecule has 0 amide bonds. The van der Waals surface area contributed by atoms with Crippen LogP contribution in [0.3, 0.4) is 0 Å². The average Bonchev–Trinajstić information content (AvgIpc) is 2.87. The minimum absolute atomic E-state index is 0.402. The Morgan fingerprint density at radius 1 is 1.22 bits per heavy atom. The van der Waals surface area contributed by atoms with Gasteiger partial charge in [-0.3, -0.25) is 0 Å². The minimum Gasteiger partial charge on any atom is -0.471 e. The summed E-state index contributed by atoms with van der Waals surface area (Å²) in [4.78, 5) is 8.49. The smallest absolute Gasteiger partial charge is 0.243 e. The van der Waals surface area contributed by atoms with E-state index in [0.717, 1.165) is 16.6 Å². The molecule has 3 rings (SSSR count). The van der Waals surface area contributed by atoms with Crippen molar-refractivity contribution < 1.29 is 4.74 Å². The SMILES string of the molecule is Cn1cnc2c(OCc3ccccc3)nc(Cl)cc21.[B]B([B])[B]. The molecule has 0 bridgehead atoms. The van der Waals surface area contributed by atoms with Crippen LogP contribution in [0, 0.1) is 0 Å². The van der Waals surface area contributed by atoms with Crippen molar-refractivity contribution in [2.75, 3.05) is 0 Å². The highest BCUT2D eigenvalue weighted by Crippen LogP contribution is 2.25. The van der Waals surface area contributed by atoms with Gasteiger partial charge in [-0.15, -0.1) is 0 Å². The standard InChI is InChI=1S/C14H12ClN3O.B4/c1-18-9-16-13-11(18)7-12(15)17-14(13)19-8-10-5-3-2-4-6-10;1-4(2)3/h2-7,9H,8H2,1H3;. The molecule has 0 N–H and O–H groups in total. The normalized spacial score (nSPS) is 10.0. The van der Waals surface area contributed by atoms with Crippen LogP contribution in [0.2, 0.25) is 5.15 Å². The molecule has 0 aliphatic rings. The third kappa shape index (κ3) is 5.10. The average molecular weight is 317 g/mol. The molecule has 0 unspecified atom stereocenters. The van der Waals surface area contributed by atoms with Gasteiger partial charge >= 0.3 is 0 Å². The Kier molecular flexibility index (Phi) is 6.22. The number of pyridine rings is 1. The van der Waals surface area contributed by atoms with Gasteiger partial charge in [0.2, 0.25) is 5.88 Å². The van der Waals surface area contributed by atoms with E-state index < -0.39 is 6.39 Å². The molecule has 0 saturated heterocycles. The molecule has 4 nitrogen and oxygen atoms in total. The van der Waals surface area contributed by atoms with Crippen molar-refractivity contribution in [3.8, 4) is 5.88 Å². The maximum atomic E-state index is 6.00. The van der Waals surface area contributed by atoms with Crippen molar-refractivity contribution in [3.05, 3.63) is 53.4 Å². The van der Waals surface area contributed by atoms with E-state index in [-0.39, 0.29) is 0 Å². The summed E-state index contributed by atoms with van der Waals surface area (Å²) in [5, 5.41) is 0.402. The summed E-state index contributed by atoms with van der Waals surface area (Å²) in [7, 11) is 15.9. The van der Waals surface area contributed by atoms with E-state index in [4.69, 9.17) is 16.3 Å². The molecule has 0 aliphatic carbocycles. The van der Waals surface area contributed by atoms with Gasteiger partial charge in [0, 0.05) is 42.7 Å². The summed E-state index contributed by atoms with van der Waals surface area (Å²) in [6.07, 6.45) is 1.05. The predicted octanol–water partition coefficient (Wildman–Crippen LogP) is 1.68. The topological polar surface area (TPSA) is 39.9 Å². The van der Waals surface area contributed by atoms with Gasteiger partial charge in [0.1, 0.15) is 11.8 Å². The lowest BCUT2D eigenvalue weighted by Crippen LogP contribution is -2.11. The van der Waals surface area contributed by atoms with Crippen molar-refractivity contribution in [1.29, 1.82) is 0 Å². The van der Waals surface area contributed by atoms with Crippen LogP contribution in [0.5, 0.6) is 5.88 Å². The summed E-state index contributed by atoms with van der Waals surface area (Å²) in [6, 6.07) is 11.7. The molecule has 0 aliphatic heterocycles. The van der Waals surface area contributed by atoms with Crippen molar-refractivity contribution in [2.24, 2.45) is 7.05 Å². The Labute approximate surface area is 144 Å². The first kappa shape index (κ1) is 17.5. The van der Waals surface area contributed by atoms with Crippen molar-refractivity contribution in [2.45, 2.75) is 6.61 Å². The third-order valence-corrected chi connectivity index (χ3v) is 3.06. The van der Waals surface area contributed by atoms with E-state index in [2.05, 4.69) is 33.2 Å². The molecule has 0 fully saturated rings. The van der Waals surface area contributed by atoms with Gasteiger partial charge in [-0.25, -0.2) is 4.98 Å². The Bertz CT molecular complexity index is 765. The first-order chi connectivity index (χ1) is 11.0. The molecule has 23 heavy (non-hydrogen) atoms. The van der Waals surface area contributed by atoms with Crippen LogP contribution >= 0.6 is 11.6 Å². The fourth-order valence-electron chi connectivity index (χ4n) is 1.90. The van der Waals surface area contributed by atoms with Crippen LogP contribution in [0.15, 0.2) is 42.7 Å². The monoisotopic (exact) mass is 317 g/mol. The Balaban J connectivity index is 0.000000433. The van der Waals surface area contributed by atoms with Gasteiger partial charge in [0.25, 0.3) is 0 Å². The van der Waals surface area contributed by atoms with E-state index in [1.54, 1.807) is 12.4 Å². The summed E-state index contributed by atoms with van der Waals surface area (Å²) in [5.74, 6) is 0.465. The second kappa shape index (κ2) is 8.16. The first-order valence-electron chi connectivity index (χ1n) is 6.88. The summed E-state index contributed by atoms with van der Waals surface area (Å²) in [5.41, 5.74) is 2.71. The van der Waals surface area contributed by atoms with Gasteiger partial charge in [0.15, 0.2) is 5.52 Å². The summed E-state index contributed by atoms with van der Waals surface area (Å²) in [6.45, 7) is 0.444. The zero-order chi connectivity index (χ0) is 16.8. The second-order valence-corrected chi connectivity index (χ2v) is 5.21. The molecule has 2 aromatic heterocycles. The molecule has 6 radical (unpaired) electrons. The lowest BCUT2D eigenvalue weighted by Gasteiger charge is -2.06. The summed E-state index contributed by atoms with van der Waals surface area (Å²) >= 11 is 6.00. The number of aryl methyl sites for hydroxylation is 1. The molecular formula is C14H12B4ClN3O. The number of imidazole rings is 1. The van der Waals surface area contributed by atoms with Gasteiger partial charge in [0.05, 0.1) is 11.8 Å². The number of fused-ring (bicyclic) bond motifs is 1. The Morgan fingerprint density at radius 3 is 2.52 bits per heavy atom. The van der Waals surface area contributed by atoms with Crippen molar-refractivity contribution >= 4 is 52.2 Å². The van der Waals surface area contributed by atoms with Crippen LogP contribution in [-0.2, 0) is 13.7 Å². The third-order valence-electron chi connectivity index (χ3n) is 2.87. The Morgan fingerprint density at radius 2 is 1.87 bits per heavy atom. The molecule has 9 heteroatoms. The molecular weight excluding hydrogens is 305 g/mol. The molecule has 1 aromatic carbocycles. The highest BCUT2D eigenvalue weighted by Gasteiger charge is 2.10. The fraction of sp³-hybridized carbons (Fsp3) is 0.143. The fourth-order valence-corrected chi connectivity index (χ4v) is 2.08. The van der Waals surface area contributed by atoms with Crippen LogP contribution in [0.1, 0.15) is 5.56 Å². The van der Waals surface area contributed by atoms with Crippen LogP contribution in [0.25, 0.3) is 11.0 Å². The van der Waals surface area contributed by atoms with Crippen LogP contribution in [0.4, 0.5) is 0 Å². The van der Waals surface area contributed by atoms with E-state index in [9.17, 15) is 0 Å². The lowest BCUT2D eigenvalue weighted by atomic mass is 9.08. The number of hydrogen-bond acceptors (Lipinski definition) is 3. The van der Waals surface area contributed by atoms with Gasteiger partial charge in [-0.1, -0.05) is 41.9 Å². The van der Waals surface area contributed by atoms with E-state index >= 15 is 0 Å². The maximum Gasteiger partial charge on any atom is 0.243 e. The van der Waals surface area contributed by atoms with E-state index in [1.165, 1.54) is 0 Å². The van der Waals surface area contributed by atoms with Gasteiger partial charge in [-0.05, 0) is 5.56 Å². The molecule has 0 atom stereocenters. The van der Waals surface area contributed by atoms with Gasteiger partial charge in [-0.2, -0.15) is 4.98 Å². The highest BCUT2D eigenvalue weighted by molar-refractivity contribution is 7.49. The number of benzene rings is 1. The predicted molar refractivity (Wildman–Crippen MR) is 97.3 cm³/mol. The zero-order valence-electron chi connectivity index (χ0n) is 12.7. The quantitative estimate of drug-likeness (QED) is 0.545. The maximum absolute atomic E-state index is 6.00. The number of hydrogen-bond donors (Lipinski definition) is 0. The second-order valence-electron chi connectivity index (χ2n) is 4.82. The van der Waals surface area contributed by atoms with E-state index in [0.29, 0.717) is 17.6 Å². The number of halogens is 1. The minimum atomic E-state index is -0.667. The number of aromatic nitrogens is 3. The number of ether oxygens (including phenoxy) is 1. The largest absolute Gasteiger partial charge is 0.471 e. The molecule has 108 valence electrons. The van der Waals surface area contributed by atoms with E-state index in [1.807, 2.05) is 41.9 Å².